The van der Waals surface area contributed by atoms with Crippen LogP contribution in [0.2, 0.25) is 0 Å². The summed E-state index contributed by atoms with van der Waals surface area (Å²) < 4.78 is 14.4. The van der Waals surface area contributed by atoms with Gasteiger partial charge in [-0.3, -0.25) is 19.5 Å². The SMILES string of the molecule is CCC(=O)c1ncc(N2CCN(Cc3cnc4c(c3)CC(=O)C(CC)=C4)[C@@H]3C[C@@H]32)cc1F. The second-order valence-corrected chi connectivity index (χ2v) is 8.85. The number of carbonyl (C=O) groups excluding carboxylic acids is 2. The number of nitrogens with zero attached hydrogens (tertiary/aromatic N) is 4. The summed E-state index contributed by atoms with van der Waals surface area (Å²) >= 11 is 0. The van der Waals surface area contributed by atoms with Crippen LogP contribution in [-0.4, -0.2) is 51.6 Å². The summed E-state index contributed by atoms with van der Waals surface area (Å²) in [4.78, 5) is 37.4. The van der Waals surface area contributed by atoms with Crippen LogP contribution in [0.1, 0.15) is 60.4 Å². The van der Waals surface area contributed by atoms with Crippen LogP contribution in [-0.2, 0) is 17.8 Å². The Labute approximate surface area is 187 Å². The average Bonchev–Trinajstić information content (AvgIpc) is 3.59. The van der Waals surface area contributed by atoms with Crippen molar-refractivity contribution in [2.75, 3.05) is 18.0 Å². The van der Waals surface area contributed by atoms with Gasteiger partial charge in [0.05, 0.1) is 17.6 Å². The van der Waals surface area contributed by atoms with Crippen LogP contribution < -0.4 is 4.90 Å². The van der Waals surface area contributed by atoms with Gasteiger partial charge in [0.2, 0.25) is 0 Å². The first kappa shape index (κ1) is 20.9. The van der Waals surface area contributed by atoms with E-state index in [4.69, 9.17) is 0 Å². The van der Waals surface area contributed by atoms with Crippen LogP contribution in [0.15, 0.2) is 30.1 Å². The molecule has 166 valence electrons. The molecule has 2 atom stereocenters. The van der Waals surface area contributed by atoms with E-state index in [9.17, 15) is 14.0 Å². The average molecular weight is 435 g/mol. The molecule has 0 bridgehead atoms. The van der Waals surface area contributed by atoms with Gasteiger partial charge in [-0.05, 0) is 35.6 Å². The number of hydrogen-bond acceptors (Lipinski definition) is 6. The summed E-state index contributed by atoms with van der Waals surface area (Å²) in [5, 5.41) is 0. The standard InChI is InChI=1S/C25H27FN4O2/c1-3-16-8-20-17(9-24(16)32)7-15(12-27-20)14-29-5-6-30(22-11-21(22)29)18-10-19(26)25(28-13-18)23(31)4-2/h7-8,10,12-13,21-22H,3-6,9,11,14H2,1-2H3/t21-,22+/m1/s1. The van der Waals surface area contributed by atoms with E-state index in [0.717, 1.165) is 60.6 Å². The fraction of sp³-hybridized carbons (Fsp3) is 0.440. The van der Waals surface area contributed by atoms with Crippen LogP contribution in [0.3, 0.4) is 0 Å². The van der Waals surface area contributed by atoms with Crippen molar-refractivity contribution in [2.24, 2.45) is 0 Å². The van der Waals surface area contributed by atoms with E-state index < -0.39 is 5.82 Å². The van der Waals surface area contributed by atoms with Crippen molar-refractivity contribution in [3.8, 4) is 0 Å². The van der Waals surface area contributed by atoms with E-state index in [1.54, 1.807) is 13.1 Å². The first-order valence-electron chi connectivity index (χ1n) is 11.4. The fourth-order valence-corrected chi connectivity index (χ4v) is 4.93. The second-order valence-electron chi connectivity index (χ2n) is 8.85. The third-order valence-corrected chi connectivity index (χ3v) is 6.81. The number of allylic oxidation sites excluding steroid dienone is 1. The molecule has 0 unspecified atom stereocenters. The number of pyridine rings is 2. The van der Waals surface area contributed by atoms with Crippen molar-refractivity contribution in [3.05, 3.63) is 58.4 Å². The lowest BCUT2D eigenvalue weighted by Crippen LogP contribution is -2.46. The highest BCUT2D eigenvalue weighted by molar-refractivity contribution is 6.03. The minimum Gasteiger partial charge on any atom is -0.364 e. The van der Waals surface area contributed by atoms with Crippen molar-refractivity contribution in [3.63, 3.8) is 0 Å². The third kappa shape index (κ3) is 3.75. The molecular weight excluding hydrogens is 407 g/mol. The molecule has 3 aliphatic rings. The summed E-state index contributed by atoms with van der Waals surface area (Å²) in [6, 6.07) is 4.31. The quantitative estimate of drug-likeness (QED) is 0.648. The Bertz CT molecular complexity index is 1130. The van der Waals surface area contributed by atoms with Gasteiger partial charge in [-0.1, -0.05) is 19.9 Å². The van der Waals surface area contributed by atoms with Crippen molar-refractivity contribution in [2.45, 2.75) is 58.2 Å². The molecule has 2 fully saturated rings. The Morgan fingerprint density at radius 2 is 2.00 bits per heavy atom. The first-order chi connectivity index (χ1) is 15.5. The van der Waals surface area contributed by atoms with E-state index in [1.807, 2.05) is 19.2 Å². The molecule has 1 saturated heterocycles. The lowest BCUT2D eigenvalue weighted by Gasteiger charge is -2.35. The molecule has 0 amide bonds. The summed E-state index contributed by atoms with van der Waals surface area (Å²) in [6.45, 7) is 6.14. The molecule has 6 nitrogen and oxygen atoms in total. The maximum atomic E-state index is 14.4. The van der Waals surface area contributed by atoms with Gasteiger partial charge in [0.25, 0.3) is 0 Å². The molecule has 0 radical (unpaired) electrons. The molecule has 2 aromatic rings. The summed E-state index contributed by atoms with van der Waals surface area (Å²) in [6.07, 6.45) is 7.92. The zero-order valence-corrected chi connectivity index (χ0v) is 18.5. The predicted molar refractivity (Wildman–Crippen MR) is 120 cm³/mol. The number of carbonyl (C=O) groups is 2. The smallest absolute Gasteiger partial charge is 0.183 e. The Kier molecular flexibility index (Phi) is 5.37. The maximum absolute atomic E-state index is 14.4. The highest BCUT2D eigenvalue weighted by atomic mass is 19.1. The minimum absolute atomic E-state index is 0.0680. The number of Topliss-reactive ketones (excluding diaryl/α,β-unsaturated/α-hetero) is 2. The number of aromatic nitrogens is 2. The van der Waals surface area contributed by atoms with Gasteiger partial charge in [-0.25, -0.2) is 9.37 Å². The Balaban J connectivity index is 1.26. The third-order valence-electron chi connectivity index (χ3n) is 6.81. The second kappa shape index (κ2) is 8.20. The van der Waals surface area contributed by atoms with E-state index >= 15 is 0 Å². The number of rotatable bonds is 6. The summed E-state index contributed by atoms with van der Waals surface area (Å²) in [5.41, 5.74) is 4.58. The molecule has 0 aromatic carbocycles. The molecule has 2 aromatic heterocycles. The minimum atomic E-state index is -0.538. The van der Waals surface area contributed by atoms with Gasteiger partial charge in [-0.2, -0.15) is 0 Å². The molecular formula is C25H27FN4O2. The lowest BCUT2D eigenvalue weighted by molar-refractivity contribution is -0.115. The zero-order chi connectivity index (χ0) is 22.4. The number of anilines is 1. The van der Waals surface area contributed by atoms with Crippen molar-refractivity contribution >= 4 is 23.3 Å². The molecule has 0 spiro atoms. The predicted octanol–water partition coefficient (Wildman–Crippen LogP) is 3.59. The highest BCUT2D eigenvalue weighted by Crippen LogP contribution is 2.40. The van der Waals surface area contributed by atoms with Gasteiger partial charge in [-0.15, -0.1) is 0 Å². The number of fused-ring (bicyclic) bond motifs is 2. The van der Waals surface area contributed by atoms with Crippen LogP contribution >= 0.6 is 0 Å². The highest BCUT2D eigenvalue weighted by Gasteiger charge is 2.49. The fourth-order valence-electron chi connectivity index (χ4n) is 4.93. The molecule has 3 heterocycles. The number of ketones is 2. The van der Waals surface area contributed by atoms with Crippen molar-refractivity contribution < 1.29 is 14.0 Å². The largest absolute Gasteiger partial charge is 0.364 e. The molecule has 2 aliphatic carbocycles. The van der Waals surface area contributed by atoms with Gasteiger partial charge in [0.15, 0.2) is 17.4 Å². The van der Waals surface area contributed by atoms with Crippen molar-refractivity contribution in [1.82, 2.24) is 14.9 Å². The Hall–Kier alpha value is -2.93. The number of halogens is 1. The molecule has 7 heteroatoms. The van der Waals surface area contributed by atoms with Gasteiger partial charge in [0, 0.05) is 56.8 Å². The van der Waals surface area contributed by atoms with E-state index in [1.165, 1.54) is 6.07 Å². The topological polar surface area (TPSA) is 66.4 Å². The molecule has 32 heavy (non-hydrogen) atoms. The Morgan fingerprint density at radius 3 is 2.75 bits per heavy atom. The number of hydrogen-bond donors (Lipinski definition) is 0. The van der Waals surface area contributed by atoms with E-state index in [2.05, 4.69) is 25.8 Å². The van der Waals surface area contributed by atoms with Gasteiger partial charge in [0.1, 0.15) is 5.69 Å². The first-order valence-corrected chi connectivity index (χ1v) is 11.4. The monoisotopic (exact) mass is 434 g/mol. The van der Waals surface area contributed by atoms with Crippen LogP contribution in [0.25, 0.3) is 6.08 Å². The summed E-state index contributed by atoms with van der Waals surface area (Å²) in [7, 11) is 0. The van der Waals surface area contributed by atoms with Gasteiger partial charge < -0.3 is 4.90 Å². The van der Waals surface area contributed by atoms with E-state index in [-0.39, 0.29) is 23.7 Å². The van der Waals surface area contributed by atoms with E-state index in [0.29, 0.717) is 18.5 Å². The zero-order valence-electron chi connectivity index (χ0n) is 18.5. The normalized spacial score (nSPS) is 22.3. The molecule has 5 rings (SSSR count). The van der Waals surface area contributed by atoms with Crippen LogP contribution in [0.4, 0.5) is 10.1 Å². The van der Waals surface area contributed by atoms with Crippen LogP contribution in [0.5, 0.6) is 0 Å². The lowest BCUT2D eigenvalue weighted by atomic mass is 9.92. The number of piperazine rings is 1. The molecule has 1 saturated carbocycles. The van der Waals surface area contributed by atoms with Crippen LogP contribution in [0, 0.1) is 5.82 Å². The molecule has 1 aliphatic heterocycles. The van der Waals surface area contributed by atoms with Crippen molar-refractivity contribution in [1.29, 1.82) is 0 Å². The van der Waals surface area contributed by atoms with Gasteiger partial charge >= 0.3 is 0 Å². The Morgan fingerprint density at radius 1 is 1.16 bits per heavy atom. The molecule has 0 N–H and O–H groups in total. The maximum Gasteiger partial charge on any atom is 0.183 e. The summed E-state index contributed by atoms with van der Waals surface area (Å²) in [5.74, 6) is -0.615.